The Balaban J connectivity index is 1.31. The number of aromatic nitrogens is 1. The lowest BCUT2D eigenvalue weighted by atomic mass is 9.39. The molecule has 5 rings (SSSR count). The Kier molecular flexibility index (Phi) is 12.5. The molecule has 17 heteroatoms. The summed E-state index contributed by atoms with van der Waals surface area (Å²) >= 11 is 0. The average Bonchev–Trinajstić information content (AvgIpc) is 3.96. The third-order valence-electron chi connectivity index (χ3n) is 8.99. The van der Waals surface area contributed by atoms with Crippen LogP contribution in [0, 0.1) is 17.0 Å². The van der Waals surface area contributed by atoms with Crippen molar-refractivity contribution < 1.29 is 41.9 Å². The number of fused-ring (bicyclic) bond motifs is 1. The predicted octanol–water partition coefficient (Wildman–Crippen LogP) is 5.47. The van der Waals surface area contributed by atoms with Crippen LogP contribution in [0.15, 0.2) is 41.3 Å². The van der Waals surface area contributed by atoms with Gasteiger partial charge in [0.2, 0.25) is 5.43 Å². The number of carbonyl (C=O) groups is 2. The number of nitrogens with one attached hydrogen (secondary N) is 1. The van der Waals surface area contributed by atoms with Crippen LogP contribution in [-0.2, 0) is 29.5 Å². The number of methoxy groups -OCH3 is 1. The molecule has 2 heterocycles. The molecule has 1 amide bonds. The third kappa shape index (κ3) is 8.12. The van der Waals surface area contributed by atoms with Crippen molar-refractivity contribution >= 4 is 57.6 Å². The van der Waals surface area contributed by atoms with Gasteiger partial charge in [0.15, 0.2) is 34.9 Å². The van der Waals surface area contributed by atoms with Crippen molar-refractivity contribution in [2.24, 2.45) is 0 Å². The van der Waals surface area contributed by atoms with Gasteiger partial charge in [-0.2, -0.15) is 0 Å². The van der Waals surface area contributed by atoms with E-state index in [4.69, 9.17) is 23.0 Å². The first-order valence-electron chi connectivity index (χ1n) is 16.1. The molecule has 50 heavy (non-hydrogen) atoms. The van der Waals surface area contributed by atoms with Crippen molar-refractivity contribution in [2.75, 3.05) is 58.4 Å². The van der Waals surface area contributed by atoms with Gasteiger partial charge in [-0.1, -0.05) is 19.1 Å². The number of anilines is 2. The summed E-state index contributed by atoms with van der Waals surface area (Å²) in [5, 5.41) is 11.7. The van der Waals surface area contributed by atoms with Gasteiger partial charge in [-0.05, 0) is 55.2 Å². The molecule has 2 aliphatic rings. The van der Waals surface area contributed by atoms with Gasteiger partial charge in [-0.15, -0.1) is 0 Å². The molecular weight excluding hydrogens is 688 g/mol. The van der Waals surface area contributed by atoms with E-state index in [1.54, 1.807) is 28.8 Å². The van der Waals surface area contributed by atoms with E-state index in [1.165, 1.54) is 34.6 Å². The summed E-state index contributed by atoms with van der Waals surface area (Å²) < 4.78 is 44.5. The van der Waals surface area contributed by atoms with E-state index in [-0.39, 0.29) is 41.0 Å². The Bertz CT molecular complexity index is 1820. The van der Waals surface area contributed by atoms with Crippen molar-refractivity contribution in [3.05, 3.63) is 63.7 Å². The van der Waals surface area contributed by atoms with Crippen LogP contribution in [0.1, 0.15) is 41.7 Å². The standard InChI is InChI=1S/C33H40BFN4O9P2/c1-20-16-38(13-12-34(20)19-36)30-26(35)15-24-29(32(30)44-2)39(23-10-11-23)17-25(31(24)41)33(42)48-18-27(40)37-22-8-6-21(7-9-22)14-28(49(43)45-3)50(46-4)47-5/h6-9,15,17,20,23,28,43H,10-14,16,18H2,1-5H3,(H,37,40). The number of nitriles is 1. The number of esters is 1. The van der Waals surface area contributed by atoms with Crippen molar-refractivity contribution in [3.63, 3.8) is 0 Å². The van der Waals surface area contributed by atoms with Crippen LogP contribution in [0.25, 0.3) is 10.9 Å². The lowest BCUT2D eigenvalue weighted by molar-refractivity contribution is -0.119. The molecule has 3 atom stereocenters. The number of carbonyl (C=O) groups excluding carboxylic acids is 2. The summed E-state index contributed by atoms with van der Waals surface area (Å²) in [6.07, 6.45) is 3.98. The maximum atomic E-state index is 15.9. The van der Waals surface area contributed by atoms with E-state index in [1.807, 2.05) is 11.8 Å². The second-order valence-corrected chi connectivity index (χ2v) is 16.2. The predicted molar refractivity (Wildman–Crippen MR) is 191 cm³/mol. The molecule has 0 radical (unpaired) electrons. The fourth-order valence-corrected chi connectivity index (χ4v) is 9.37. The van der Waals surface area contributed by atoms with Gasteiger partial charge < -0.3 is 42.7 Å². The summed E-state index contributed by atoms with van der Waals surface area (Å²) in [4.78, 5) is 51.8. The first-order chi connectivity index (χ1) is 24.0. The van der Waals surface area contributed by atoms with Crippen LogP contribution < -0.4 is 20.4 Å². The van der Waals surface area contributed by atoms with E-state index in [0.717, 1.165) is 24.5 Å². The quantitative estimate of drug-likeness (QED) is 0.123. The Morgan fingerprint density at radius 2 is 1.86 bits per heavy atom. The SMILES string of the molecule is COc1c(N2CCB(C#N)C(C)C2)c(F)cc2c(=O)c(C(=O)OCC(=O)Nc3ccc(CC(P(O)OC)P(OC)OC)cc3)cn(C3CC3)c12. The highest BCUT2D eigenvalue weighted by molar-refractivity contribution is 7.66. The monoisotopic (exact) mass is 728 g/mol. The molecule has 2 N–H and O–H groups in total. The summed E-state index contributed by atoms with van der Waals surface area (Å²) in [7, 11) is 2.66. The van der Waals surface area contributed by atoms with Gasteiger partial charge in [0.05, 0.1) is 18.0 Å². The van der Waals surface area contributed by atoms with Crippen LogP contribution >= 0.6 is 16.8 Å². The van der Waals surface area contributed by atoms with Crippen molar-refractivity contribution in [3.8, 4) is 11.7 Å². The number of pyridine rings is 1. The molecule has 1 saturated heterocycles. The summed E-state index contributed by atoms with van der Waals surface area (Å²) in [5.74, 6) is 0.220. The first-order valence-corrected chi connectivity index (χ1v) is 18.6. The van der Waals surface area contributed by atoms with Crippen LogP contribution in [0.4, 0.5) is 15.8 Å². The molecule has 266 valence electrons. The second-order valence-electron chi connectivity index (χ2n) is 12.2. The Morgan fingerprint density at radius 3 is 2.44 bits per heavy atom. The van der Waals surface area contributed by atoms with Crippen molar-refractivity contribution in [1.82, 2.24) is 4.57 Å². The van der Waals surface area contributed by atoms with E-state index in [0.29, 0.717) is 37.0 Å². The molecule has 13 nitrogen and oxygen atoms in total. The maximum Gasteiger partial charge on any atom is 0.344 e. The van der Waals surface area contributed by atoms with Gasteiger partial charge in [0.25, 0.3) is 12.6 Å². The largest absolute Gasteiger partial charge is 0.492 e. The number of hydrogen-bond acceptors (Lipinski definition) is 11. The lowest BCUT2D eigenvalue weighted by Gasteiger charge is -2.35. The molecule has 2 fully saturated rings. The van der Waals surface area contributed by atoms with Crippen LogP contribution in [0.3, 0.4) is 0 Å². The molecule has 2 aromatic carbocycles. The number of hydrogen-bond donors (Lipinski definition) is 2. The molecule has 1 aliphatic heterocycles. The van der Waals surface area contributed by atoms with E-state index < -0.39 is 51.9 Å². The van der Waals surface area contributed by atoms with Crippen molar-refractivity contribution in [1.29, 1.82) is 5.26 Å². The number of halogens is 1. The van der Waals surface area contributed by atoms with Crippen LogP contribution in [0.5, 0.6) is 5.75 Å². The summed E-state index contributed by atoms with van der Waals surface area (Å²) in [6.45, 7) is 2.06. The molecule has 1 aliphatic carbocycles. The second kappa shape index (κ2) is 16.6. The topological polar surface area (TPSA) is 162 Å². The smallest absolute Gasteiger partial charge is 0.344 e. The zero-order valence-electron chi connectivity index (χ0n) is 28.6. The number of benzene rings is 2. The number of amides is 1. The Labute approximate surface area is 292 Å². The Morgan fingerprint density at radius 1 is 1.16 bits per heavy atom. The third-order valence-corrected chi connectivity index (χ3v) is 12.6. The van der Waals surface area contributed by atoms with Gasteiger partial charge in [-0.25, -0.2) is 14.4 Å². The van der Waals surface area contributed by atoms with E-state index in [9.17, 15) is 24.5 Å². The van der Waals surface area contributed by atoms with E-state index in [2.05, 4.69) is 11.3 Å². The number of rotatable bonds is 14. The molecule has 3 unspecified atom stereocenters. The number of ether oxygens (including phenoxy) is 2. The van der Waals surface area contributed by atoms with Gasteiger partial charge in [-0.3, -0.25) is 9.59 Å². The molecule has 3 aromatic rings. The molecular formula is C33H40BFN4O9P2. The lowest BCUT2D eigenvalue weighted by Crippen LogP contribution is -2.41. The molecule has 0 bridgehead atoms. The van der Waals surface area contributed by atoms with E-state index >= 15 is 4.39 Å². The zero-order chi connectivity index (χ0) is 36.1. The first kappa shape index (κ1) is 37.6. The maximum absolute atomic E-state index is 15.9. The number of nitrogens with zero attached hydrogens (tertiary/aromatic N) is 3. The van der Waals surface area contributed by atoms with Gasteiger partial charge >= 0.3 is 5.97 Å². The van der Waals surface area contributed by atoms with Gasteiger partial charge in [0.1, 0.15) is 16.7 Å². The normalized spacial score (nSPS) is 17.4. The Hall–Kier alpha value is -3.63. The highest BCUT2D eigenvalue weighted by atomic mass is 31.2. The van der Waals surface area contributed by atoms with Gasteiger partial charge in [0, 0.05) is 58.3 Å². The fraction of sp³-hybridized carbons (Fsp3) is 0.455. The highest BCUT2D eigenvalue weighted by Crippen LogP contribution is 2.58. The van der Waals surface area contributed by atoms with Crippen LogP contribution in [-0.4, -0.2) is 81.6 Å². The van der Waals surface area contributed by atoms with Crippen molar-refractivity contribution in [2.45, 2.75) is 49.8 Å². The minimum atomic E-state index is -1.79. The molecule has 1 aromatic heterocycles. The average molecular weight is 728 g/mol. The fourth-order valence-electron chi connectivity index (χ4n) is 6.27. The minimum absolute atomic E-state index is 0.00768. The zero-order valence-corrected chi connectivity index (χ0v) is 30.3. The highest BCUT2D eigenvalue weighted by Gasteiger charge is 2.36. The molecule has 1 saturated carbocycles. The van der Waals surface area contributed by atoms with Crippen LogP contribution in [0.2, 0.25) is 12.1 Å². The minimum Gasteiger partial charge on any atom is -0.492 e. The summed E-state index contributed by atoms with van der Waals surface area (Å²) in [5.41, 5.74) is 0.843. The molecule has 0 spiro atoms. The summed E-state index contributed by atoms with van der Waals surface area (Å²) in [6, 6.07) is 7.98.